The van der Waals surface area contributed by atoms with Crippen molar-refractivity contribution >= 4 is 38.9 Å². The highest BCUT2D eigenvalue weighted by atomic mass is 79.9. The number of nitrogens with one attached hydrogen (secondary N) is 1. The summed E-state index contributed by atoms with van der Waals surface area (Å²) in [7, 11) is 0. The molecule has 2 aromatic heterocycles. The lowest BCUT2D eigenvalue weighted by molar-refractivity contribution is 0.102. The quantitative estimate of drug-likeness (QED) is 0.732. The van der Waals surface area contributed by atoms with Crippen molar-refractivity contribution < 1.29 is 9.21 Å². The highest BCUT2D eigenvalue weighted by molar-refractivity contribution is 9.10. The molecule has 0 unspecified atom stereocenters. The number of thiazole rings is 1. The van der Waals surface area contributed by atoms with Crippen LogP contribution in [0.3, 0.4) is 0 Å². The lowest BCUT2D eigenvalue weighted by Crippen LogP contribution is -2.11. The van der Waals surface area contributed by atoms with Gasteiger partial charge in [-0.2, -0.15) is 0 Å². The molecule has 0 spiro atoms. The average molecular weight is 378 g/mol. The van der Waals surface area contributed by atoms with E-state index in [0.29, 0.717) is 21.2 Å². The van der Waals surface area contributed by atoms with Crippen molar-refractivity contribution in [2.24, 2.45) is 0 Å². The number of oxazole rings is 1. The highest BCUT2D eigenvalue weighted by Crippen LogP contribution is 2.24. The zero-order valence-electron chi connectivity index (χ0n) is 11.9. The van der Waals surface area contributed by atoms with Crippen molar-refractivity contribution in [2.75, 3.05) is 5.32 Å². The summed E-state index contributed by atoms with van der Waals surface area (Å²) in [5.74, 6) is 1.09. The summed E-state index contributed by atoms with van der Waals surface area (Å²) in [5.41, 5.74) is 2.34. The van der Waals surface area contributed by atoms with Crippen molar-refractivity contribution in [3.8, 4) is 11.5 Å². The third-order valence-corrected chi connectivity index (χ3v) is 4.62. The van der Waals surface area contributed by atoms with Gasteiger partial charge in [0.15, 0.2) is 5.01 Å². The first-order valence-corrected chi connectivity index (χ1v) is 8.17. The van der Waals surface area contributed by atoms with E-state index in [9.17, 15) is 4.79 Å². The molecule has 2 heterocycles. The van der Waals surface area contributed by atoms with Crippen molar-refractivity contribution in [1.29, 1.82) is 0 Å². The van der Waals surface area contributed by atoms with Gasteiger partial charge in [0.1, 0.15) is 10.4 Å². The van der Waals surface area contributed by atoms with Gasteiger partial charge in [-0.15, -0.1) is 11.3 Å². The maximum atomic E-state index is 12.1. The Morgan fingerprint density at radius 2 is 2.14 bits per heavy atom. The standard InChI is InChI=1S/C15H12BrN3O2S/c1-8-9(2)21-14(17-8)10-4-3-5-11(6-10)18-13(20)15-19-12(16)7-22-15/h3-7H,1-2H3,(H,18,20). The Kier molecular flexibility index (Phi) is 4.08. The molecule has 1 amide bonds. The summed E-state index contributed by atoms with van der Waals surface area (Å²) >= 11 is 4.52. The van der Waals surface area contributed by atoms with E-state index < -0.39 is 0 Å². The zero-order valence-corrected chi connectivity index (χ0v) is 14.3. The van der Waals surface area contributed by atoms with E-state index in [1.807, 2.05) is 38.1 Å². The van der Waals surface area contributed by atoms with E-state index in [4.69, 9.17) is 4.42 Å². The van der Waals surface area contributed by atoms with E-state index in [-0.39, 0.29) is 5.91 Å². The van der Waals surface area contributed by atoms with Crippen molar-refractivity contribution in [3.63, 3.8) is 0 Å². The van der Waals surface area contributed by atoms with Gasteiger partial charge < -0.3 is 9.73 Å². The summed E-state index contributed by atoms with van der Waals surface area (Å²) in [6, 6.07) is 7.37. The third-order valence-electron chi connectivity index (χ3n) is 3.07. The van der Waals surface area contributed by atoms with Gasteiger partial charge in [-0.05, 0) is 48.0 Å². The number of rotatable bonds is 3. The van der Waals surface area contributed by atoms with Crippen LogP contribution in [0, 0.1) is 13.8 Å². The number of anilines is 1. The lowest BCUT2D eigenvalue weighted by Gasteiger charge is -2.04. The highest BCUT2D eigenvalue weighted by Gasteiger charge is 2.12. The van der Waals surface area contributed by atoms with Gasteiger partial charge in [0.05, 0.1) is 5.69 Å². The summed E-state index contributed by atoms with van der Waals surface area (Å²) in [4.78, 5) is 20.6. The maximum Gasteiger partial charge on any atom is 0.284 e. The number of carbonyl (C=O) groups excluding carboxylic acids is 1. The van der Waals surface area contributed by atoms with Crippen LogP contribution in [-0.2, 0) is 0 Å². The average Bonchev–Trinajstić information content (AvgIpc) is 3.06. The summed E-state index contributed by atoms with van der Waals surface area (Å²) in [6.45, 7) is 3.77. The van der Waals surface area contributed by atoms with Crippen LogP contribution in [0.2, 0.25) is 0 Å². The van der Waals surface area contributed by atoms with E-state index in [0.717, 1.165) is 17.0 Å². The second kappa shape index (κ2) is 6.02. The second-order valence-corrected chi connectivity index (χ2v) is 6.34. The van der Waals surface area contributed by atoms with Crippen LogP contribution in [0.1, 0.15) is 21.3 Å². The summed E-state index contributed by atoms with van der Waals surface area (Å²) in [6.07, 6.45) is 0. The molecule has 5 nitrogen and oxygen atoms in total. The molecule has 0 saturated carbocycles. The number of halogens is 1. The van der Waals surface area contributed by atoms with Crippen LogP contribution >= 0.6 is 27.3 Å². The van der Waals surface area contributed by atoms with E-state index in [1.165, 1.54) is 11.3 Å². The monoisotopic (exact) mass is 377 g/mol. The maximum absolute atomic E-state index is 12.1. The number of aryl methyl sites for hydroxylation is 2. The number of nitrogens with zero attached hydrogens (tertiary/aromatic N) is 2. The fraction of sp³-hybridized carbons (Fsp3) is 0.133. The van der Waals surface area contributed by atoms with Gasteiger partial charge in [0, 0.05) is 16.6 Å². The lowest BCUT2D eigenvalue weighted by atomic mass is 10.2. The van der Waals surface area contributed by atoms with Crippen LogP contribution in [0.5, 0.6) is 0 Å². The number of amides is 1. The molecule has 0 atom stereocenters. The molecule has 7 heteroatoms. The van der Waals surface area contributed by atoms with Crippen molar-refractivity contribution in [1.82, 2.24) is 9.97 Å². The predicted molar refractivity (Wildman–Crippen MR) is 89.2 cm³/mol. The van der Waals surface area contributed by atoms with Crippen LogP contribution in [0.15, 0.2) is 38.7 Å². The minimum atomic E-state index is -0.243. The molecule has 0 aliphatic carbocycles. The van der Waals surface area contributed by atoms with E-state index >= 15 is 0 Å². The van der Waals surface area contributed by atoms with Gasteiger partial charge in [-0.1, -0.05) is 6.07 Å². The molecule has 0 fully saturated rings. The Morgan fingerprint density at radius 3 is 2.77 bits per heavy atom. The molecule has 1 aromatic carbocycles. The smallest absolute Gasteiger partial charge is 0.284 e. The molecular weight excluding hydrogens is 366 g/mol. The van der Waals surface area contributed by atoms with Gasteiger partial charge in [-0.3, -0.25) is 4.79 Å². The first kappa shape index (κ1) is 14.9. The van der Waals surface area contributed by atoms with Gasteiger partial charge in [0.2, 0.25) is 5.89 Å². The SMILES string of the molecule is Cc1nc(-c2cccc(NC(=O)c3nc(Br)cs3)c2)oc1C. The molecule has 22 heavy (non-hydrogen) atoms. The molecule has 1 N–H and O–H groups in total. The molecular formula is C15H12BrN3O2S. The normalized spacial score (nSPS) is 10.7. The number of aromatic nitrogens is 2. The number of hydrogen-bond donors (Lipinski definition) is 1. The van der Waals surface area contributed by atoms with Gasteiger partial charge >= 0.3 is 0 Å². The number of carbonyl (C=O) groups is 1. The van der Waals surface area contributed by atoms with Crippen LogP contribution in [-0.4, -0.2) is 15.9 Å². The molecule has 3 rings (SSSR count). The fourth-order valence-corrected chi connectivity index (χ4v) is 3.01. The first-order chi connectivity index (χ1) is 10.5. The summed E-state index contributed by atoms with van der Waals surface area (Å²) in [5, 5.41) is 4.99. The zero-order chi connectivity index (χ0) is 15.7. The molecule has 3 aromatic rings. The Bertz CT molecular complexity index is 821. The topological polar surface area (TPSA) is 68.0 Å². The first-order valence-electron chi connectivity index (χ1n) is 6.50. The van der Waals surface area contributed by atoms with Crippen LogP contribution < -0.4 is 5.32 Å². The van der Waals surface area contributed by atoms with Crippen LogP contribution in [0.4, 0.5) is 5.69 Å². The van der Waals surface area contributed by atoms with Crippen molar-refractivity contribution in [3.05, 3.63) is 50.7 Å². The summed E-state index contributed by atoms with van der Waals surface area (Å²) < 4.78 is 6.26. The molecule has 0 aliphatic rings. The van der Waals surface area contributed by atoms with Gasteiger partial charge in [0.25, 0.3) is 5.91 Å². The van der Waals surface area contributed by atoms with E-state index in [2.05, 4.69) is 31.2 Å². The van der Waals surface area contributed by atoms with E-state index in [1.54, 1.807) is 5.38 Å². The largest absolute Gasteiger partial charge is 0.441 e. The minimum absolute atomic E-state index is 0.243. The van der Waals surface area contributed by atoms with Crippen molar-refractivity contribution in [2.45, 2.75) is 13.8 Å². The number of benzene rings is 1. The molecule has 0 radical (unpaired) electrons. The van der Waals surface area contributed by atoms with Crippen LogP contribution in [0.25, 0.3) is 11.5 Å². The third kappa shape index (κ3) is 3.10. The molecule has 0 saturated heterocycles. The predicted octanol–water partition coefficient (Wildman–Crippen LogP) is 4.43. The second-order valence-electron chi connectivity index (χ2n) is 4.67. The Hall–Kier alpha value is -1.99. The van der Waals surface area contributed by atoms with Gasteiger partial charge in [-0.25, -0.2) is 9.97 Å². The Morgan fingerprint density at radius 1 is 1.32 bits per heavy atom. The Labute approximate surface area is 139 Å². The Balaban J connectivity index is 1.83. The minimum Gasteiger partial charge on any atom is -0.441 e. The number of hydrogen-bond acceptors (Lipinski definition) is 5. The fourth-order valence-electron chi connectivity index (χ4n) is 1.87. The molecule has 0 aliphatic heterocycles. The molecule has 112 valence electrons. The molecule has 0 bridgehead atoms.